The number of hydrogen-bond donors (Lipinski definition) is 2. The predicted molar refractivity (Wildman–Crippen MR) is 124 cm³/mol. The quantitative estimate of drug-likeness (QED) is 0.448. The van der Waals surface area contributed by atoms with Crippen molar-refractivity contribution in [1.29, 1.82) is 0 Å². The lowest BCUT2D eigenvalue weighted by Gasteiger charge is -2.12. The van der Waals surface area contributed by atoms with E-state index >= 15 is 0 Å². The Morgan fingerprint density at radius 3 is 2.12 bits per heavy atom. The van der Waals surface area contributed by atoms with Gasteiger partial charge in [0.05, 0.1) is 17.6 Å². The molecule has 1 aromatic heterocycles. The maximum absolute atomic E-state index is 13.2. The van der Waals surface area contributed by atoms with Crippen molar-refractivity contribution in [3.63, 3.8) is 0 Å². The van der Waals surface area contributed by atoms with Gasteiger partial charge < -0.3 is 0 Å². The zero-order valence-electron chi connectivity index (χ0n) is 16.7. The van der Waals surface area contributed by atoms with E-state index in [2.05, 4.69) is 9.82 Å². The van der Waals surface area contributed by atoms with E-state index in [0.717, 1.165) is 16.7 Å². The number of halogens is 2. The molecule has 3 aromatic carbocycles. The van der Waals surface area contributed by atoms with Gasteiger partial charge in [-0.05, 0) is 29.3 Å². The summed E-state index contributed by atoms with van der Waals surface area (Å²) >= 11 is 0. The zero-order chi connectivity index (χ0) is 22.0. The number of hydrogen-bond acceptors (Lipinski definition) is 4. The Hall–Kier alpha value is -3.11. The summed E-state index contributed by atoms with van der Waals surface area (Å²) in [5, 5.41) is 10.8. The molecule has 0 amide bonds. The molecule has 3 N–H and O–H groups in total. The van der Waals surface area contributed by atoms with E-state index in [1.54, 1.807) is 36.4 Å². The third kappa shape index (κ3) is 5.38. The smallest absolute Gasteiger partial charge is 0.267 e. The van der Waals surface area contributed by atoms with Crippen LogP contribution in [0, 0.1) is 5.82 Å². The fraction of sp³-hybridized carbons (Fsp3) is 0.0909. The number of fused-ring (bicyclic) bond motifs is 1. The Morgan fingerprint density at radius 1 is 0.906 bits per heavy atom. The molecule has 0 saturated heterocycles. The summed E-state index contributed by atoms with van der Waals surface area (Å²) < 4.78 is 39.0. The van der Waals surface area contributed by atoms with Gasteiger partial charge in [0.15, 0.2) is 0 Å². The van der Waals surface area contributed by atoms with E-state index in [1.165, 1.54) is 16.8 Å². The zero-order valence-corrected chi connectivity index (χ0v) is 18.4. The van der Waals surface area contributed by atoms with Crippen LogP contribution in [0.5, 0.6) is 0 Å². The number of aromatic nitrogens is 2. The van der Waals surface area contributed by atoms with E-state index in [0.29, 0.717) is 16.5 Å². The maximum Gasteiger partial charge on any atom is 0.274 e. The second-order valence-corrected chi connectivity index (χ2v) is 8.43. The minimum Gasteiger partial charge on any atom is -0.267 e. The summed E-state index contributed by atoms with van der Waals surface area (Å²) in [6.45, 7) is 0.269. The first kappa shape index (κ1) is 23.6. The third-order valence-corrected chi connectivity index (χ3v) is 5.36. The van der Waals surface area contributed by atoms with Crippen molar-refractivity contribution in [2.45, 2.75) is 13.1 Å². The minimum atomic E-state index is -3.78. The molecule has 10 heteroatoms. The highest BCUT2D eigenvalue weighted by Gasteiger charge is 2.13. The van der Waals surface area contributed by atoms with Gasteiger partial charge in [0.1, 0.15) is 5.82 Å². The van der Waals surface area contributed by atoms with Gasteiger partial charge in [-0.1, -0.05) is 54.6 Å². The van der Waals surface area contributed by atoms with Crippen LogP contribution < -0.4 is 15.4 Å². The molecule has 32 heavy (non-hydrogen) atoms. The van der Waals surface area contributed by atoms with Gasteiger partial charge in [-0.25, -0.2) is 14.2 Å². The number of nitrogens with one attached hydrogen (secondary N) is 1. The molecular formula is C22H20ClFN4O3S. The first-order chi connectivity index (χ1) is 14.8. The van der Waals surface area contributed by atoms with Crippen molar-refractivity contribution in [1.82, 2.24) is 14.5 Å². The Morgan fingerprint density at radius 2 is 1.50 bits per heavy atom. The average Bonchev–Trinajstić information content (AvgIpc) is 2.76. The molecule has 0 spiro atoms. The van der Waals surface area contributed by atoms with E-state index in [9.17, 15) is 17.6 Å². The van der Waals surface area contributed by atoms with E-state index in [-0.39, 0.29) is 36.9 Å². The van der Waals surface area contributed by atoms with Crippen LogP contribution in [-0.4, -0.2) is 18.2 Å². The molecule has 0 aliphatic carbocycles. The Labute approximate surface area is 190 Å². The number of nitrogens with two attached hydrogens (primary N) is 1. The molecule has 4 rings (SSSR count). The molecule has 0 saturated carbocycles. The standard InChI is InChI=1S/C22H19FN4O3S.ClH/c23-18-11-7-16(8-12-18)14-27-22(28)20-4-2-1-3-19(20)21(26-27)17-9-5-15(6-10-17)13-25-31(24,29)30;/h1-12,25H,13-14H2,(H2,24,29,30);1H. The monoisotopic (exact) mass is 474 g/mol. The van der Waals surface area contributed by atoms with Crippen LogP contribution in [0.3, 0.4) is 0 Å². The van der Waals surface area contributed by atoms with E-state index < -0.39 is 10.2 Å². The van der Waals surface area contributed by atoms with Crippen molar-refractivity contribution < 1.29 is 12.8 Å². The lowest BCUT2D eigenvalue weighted by atomic mass is 10.0. The summed E-state index contributed by atoms with van der Waals surface area (Å²) in [6, 6.07) is 20.3. The number of nitrogens with zero attached hydrogens (tertiary/aromatic N) is 2. The average molecular weight is 475 g/mol. The van der Waals surface area contributed by atoms with Gasteiger partial charge in [-0.2, -0.15) is 18.2 Å². The van der Waals surface area contributed by atoms with Crippen LogP contribution in [0.2, 0.25) is 0 Å². The highest BCUT2D eigenvalue weighted by Crippen LogP contribution is 2.25. The van der Waals surface area contributed by atoms with Crippen LogP contribution in [0.25, 0.3) is 22.0 Å². The molecule has 0 aliphatic rings. The molecule has 0 atom stereocenters. The van der Waals surface area contributed by atoms with Crippen LogP contribution in [0.4, 0.5) is 4.39 Å². The minimum absolute atomic E-state index is 0. The van der Waals surface area contributed by atoms with Crippen molar-refractivity contribution in [2.75, 3.05) is 0 Å². The largest absolute Gasteiger partial charge is 0.274 e. The molecule has 0 aliphatic heterocycles. The molecule has 4 aromatic rings. The van der Waals surface area contributed by atoms with Crippen molar-refractivity contribution in [2.24, 2.45) is 5.14 Å². The Kier molecular flexibility index (Phi) is 7.05. The Bertz CT molecular complexity index is 1410. The van der Waals surface area contributed by atoms with Gasteiger partial charge >= 0.3 is 0 Å². The SMILES string of the molecule is Cl.NS(=O)(=O)NCc1ccc(-c2nn(Cc3ccc(F)cc3)c(=O)c3ccccc23)cc1. The lowest BCUT2D eigenvalue weighted by molar-refractivity contribution is 0.583. The van der Waals surface area contributed by atoms with Crippen molar-refractivity contribution in [3.05, 3.63) is 100 Å². The number of benzene rings is 3. The van der Waals surface area contributed by atoms with Gasteiger partial charge in [0.25, 0.3) is 15.8 Å². The summed E-state index contributed by atoms with van der Waals surface area (Å²) in [5.41, 5.74) is 2.62. The molecule has 7 nitrogen and oxygen atoms in total. The maximum atomic E-state index is 13.2. The normalized spacial score (nSPS) is 11.3. The van der Waals surface area contributed by atoms with Crippen LogP contribution in [0.15, 0.2) is 77.6 Å². The molecule has 0 fully saturated rings. The van der Waals surface area contributed by atoms with Gasteiger partial charge in [-0.15, -0.1) is 12.4 Å². The van der Waals surface area contributed by atoms with E-state index in [4.69, 9.17) is 5.14 Å². The van der Waals surface area contributed by atoms with Crippen LogP contribution >= 0.6 is 12.4 Å². The summed E-state index contributed by atoms with van der Waals surface area (Å²) in [4.78, 5) is 13.0. The Balaban J connectivity index is 0.00000289. The van der Waals surface area contributed by atoms with Gasteiger partial charge in [0.2, 0.25) is 0 Å². The topological polar surface area (TPSA) is 107 Å². The van der Waals surface area contributed by atoms with Crippen LogP contribution in [0.1, 0.15) is 11.1 Å². The molecule has 0 unspecified atom stereocenters. The van der Waals surface area contributed by atoms with Crippen LogP contribution in [-0.2, 0) is 23.3 Å². The first-order valence-electron chi connectivity index (χ1n) is 9.41. The van der Waals surface area contributed by atoms with Crippen molar-refractivity contribution >= 4 is 33.4 Å². The number of rotatable bonds is 6. The molecule has 0 bridgehead atoms. The fourth-order valence-corrected chi connectivity index (χ4v) is 3.65. The molecular weight excluding hydrogens is 455 g/mol. The molecule has 166 valence electrons. The molecule has 1 heterocycles. The van der Waals surface area contributed by atoms with Gasteiger partial charge in [-0.3, -0.25) is 4.79 Å². The fourth-order valence-electron chi connectivity index (χ4n) is 3.28. The first-order valence-corrected chi connectivity index (χ1v) is 11.0. The molecule has 0 radical (unpaired) electrons. The van der Waals surface area contributed by atoms with Crippen molar-refractivity contribution in [3.8, 4) is 11.3 Å². The summed E-state index contributed by atoms with van der Waals surface area (Å²) in [7, 11) is -3.78. The highest BCUT2D eigenvalue weighted by atomic mass is 35.5. The van der Waals surface area contributed by atoms with Gasteiger partial charge in [0, 0.05) is 17.5 Å². The lowest BCUT2D eigenvalue weighted by Crippen LogP contribution is -2.30. The predicted octanol–water partition coefficient (Wildman–Crippen LogP) is 2.97. The highest BCUT2D eigenvalue weighted by molar-refractivity contribution is 7.87. The third-order valence-electron chi connectivity index (χ3n) is 4.82. The van der Waals surface area contributed by atoms with E-state index in [1.807, 2.05) is 24.3 Å². The summed E-state index contributed by atoms with van der Waals surface area (Å²) in [6.07, 6.45) is 0. The summed E-state index contributed by atoms with van der Waals surface area (Å²) in [5.74, 6) is -0.347. The second-order valence-electron chi connectivity index (χ2n) is 7.05. The second kappa shape index (κ2) is 9.58.